The van der Waals surface area contributed by atoms with Gasteiger partial charge in [-0.1, -0.05) is 12.7 Å². The van der Waals surface area contributed by atoms with Gasteiger partial charge >= 0.3 is 6.16 Å². The predicted molar refractivity (Wildman–Crippen MR) is 40.2 cm³/mol. The molecule has 1 fully saturated rings. The molecule has 0 aromatic heterocycles. The standard InChI is InChI=1S/C8H10O3/c1-3-5-7-6(4-2)10-8(9)11-7/h3-4,6-7H,1-2,5H2. The number of hydrogen-bond donors (Lipinski definition) is 0. The Bertz CT molecular complexity index is 186. The fourth-order valence-electron chi connectivity index (χ4n) is 0.952. The number of rotatable bonds is 3. The molecule has 0 spiro atoms. The molecule has 1 aliphatic heterocycles. The van der Waals surface area contributed by atoms with Crippen LogP contribution < -0.4 is 0 Å². The third-order valence-electron chi connectivity index (χ3n) is 1.48. The van der Waals surface area contributed by atoms with Crippen molar-refractivity contribution in [1.82, 2.24) is 0 Å². The summed E-state index contributed by atoms with van der Waals surface area (Å²) in [6.45, 7) is 7.05. The van der Waals surface area contributed by atoms with E-state index in [1.165, 1.54) is 0 Å². The van der Waals surface area contributed by atoms with Crippen molar-refractivity contribution < 1.29 is 14.3 Å². The molecule has 3 heteroatoms. The molecule has 0 radical (unpaired) electrons. The molecule has 0 amide bonds. The Balaban J connectivity index is 2.56. The van der Waals surface area contributed by atoms with Crippen LogP contribution in [0.2, 0.25) is 0 Å². The first-order valence-corrected chi connectivity index (χ1v) is 3.38. The van der Waals surface area contributed by atoms with Crippen molar-refractivity contribution in [1.29, 1.82) is 0 Å². The fraction of sp³-hybridized carbons (Fsp3) is 0.375. The van der Waals surface area contributed by atoms with Gasteiger partial charge < -0.3 is 9.47 Å². The van der Waals surface area contributed by atoms with Gasteiger partial charge in [0.15, 0.2) is 6.10 Å². The lowest BCUT2D eigenvalue weighted by Crippen LogP contribution is -2.18. The Kier molecular flexibility index (Phi) is 2.31. The van der Waals surface area contributed by atoms with E-state index in [1.54, 1.807) is 12.2 Å². The molecule has 0 bridgehead atoms. The van der Waals surface area contributed by atoms with Crippen LogP contribution in [-0.4, -0.2) is 18.4 Å². The predicted octanol–water partition coefficient (Wildman–Crippen LogP) is 1.65. The molecular formula is C8H10O3. The minimum Gasteiger partial charge on any atom is -0.426 e. The smallest absolute Gasteiger partial charge is 0.426 e. The second kappa shape index (κ2) is 3.23. The van der Waals surface area contributed by atoms with E-state index >= 15 is 0 Å². The molecule has 1 heterocycles. The zero-order chi connectivity index (χ0) is 8.27. The summed E-state index contributed by atoms with van der Waals surface area (Å²) in [4.78, 5) is 10.6. The van der Waals surface area contributed by atoms with E-state index in [9.17, 15) is 4.79 Å². The zero-order valence-corrected chi connectivity index (χ0v) is 6.16. The maximum Gasteiger partial charge on any atom is 0.509 e. The SMILES string of the molecule is C=CCC1OC(=O)OC1C=C. The minimum absolute atomic E-state index is 0.238. The Morgan fingerprint density at radius 1 is 1.45 bits per heavy atom. The fourth-order valence-corrected chi connectivity index (χ4v) is 0.952. The molecule has 0 aromatic carbocycles. The van der Waals surface area contributed by atoms with E-state index in [1.807, 2.05) is 0 Å². The number of cyclic esters (lactones) is 2. The highest BCUT2D eigenvalue weighted by molar-refractivity contribution is 5.63. The topological polar surface area (TPSA) is 35.5 Å². The van der Waals surface area contributed by atoms with Crippen molar-refractivity contribution in [3.8, 4) is 0 Å². The van der Waals surface area contributed by atoms with Gasteiger partial charge in [-0.05, 0) is 6.08 Å². The summed E-state index contributed by atoms with van der Waals surface area (Å²) in [6, 6.07) is 0. The molecule has 0 aromatic rings. The lowest BCUT2D eigenvalue weighted by molar-refractivity contribution is 0.118. The van der Waals surface area contributed by atoms with Gasteiger partial charge in [0.25, 0.3) is 0 Å². The van der Waals surface area contributed by atoms with Gasteiger partial charge in [-0.2, -0.15) is 0 Å². The van der Waals surface area contributed by atoms with Crippen molar-refractivity contribution in [3.05, 3.63) is 25.3 Å². The largest absolute Gasteiger partial charge is 0.509 e. The molecule has 1 saturated heterocycles. The molecule has 2 atom stereocenters. The average Bonchev–Trinajstić information content (AvgIpc) is 2.32. The van der Waals surface area contributed by atoms with Crippen molar-refractivity contribution in [2.75, 3.05) is 0 Å². The van der Waals surface area contributed by atoms with E-state index in [-0.39, 0.29) is 12.2 Å². The summed E-state index contributed by atoms with van der Waals surface area (Å²) in [6.07, 6.45) is 2.66. The van der Waals surface area contributed by atoms with E-state index in [4.69, 9.17) is 9.47 Å². The van der Waals surface area contributed by atoms with Gasteiger partial charge in [0.2, 0.25) is 0 Å². The number of carbonyl (C=O) groups is 1. The summed E-state index contributed by atoms with van der Waals surface area (Å²) in [5, 5.41) is 0. The van der Waals surface area contributed by atoms with Crippen LogP contribution in [-0.2, 0) is 9.47 Å². The summed E-state index contributed by atoms with van der Waals surface area (Å²) in [5.41, 5.74) is 0. The van der Waals surface area contributed by atoms with Gasteiger partial charge in [0.05, 0.1) is 0 Å². The highest BCUT2D eigenvalue weighted by Gasteiger charge is 2.32. The minimum atomic E-state index is -0.623. The van der Waals surface area contributed by atoms with Gasteiger partial charge in [0, 0.05) is 6.42 Å². The van der Waals surface area contributed by atoms with Crippen LogP contribution in [0.1, 0.15) is 6.42 Å². The molecule has 11 heavy (non-hydrogen) atoms. The van der Waals surface area contributed by atoms with E-state index in [0.29, 0.717) is 6.42 Å². The van der Waals surface area contributed by atoms with Gasteiger partial charge in [-0.3, -0.25) is 0 Å². The van der Waals surface area contributed by atoms with Crippen LogP contribution in [0.25, 0.3) is 0 Å². The summed E-state index contributed by atoms with van der Waals surface area (Å²) in [5.74, 6) is 0. The second-order valence-corrected chi connectivity index (χ2v) is 2.25. The third-order valence-corrected chi connectivity index (χ3v) is 1.48. The zero-order valence-electron chi connectivity index (χ0n) is 6.16. The maximum atomic E-state index is 10.6. The van der Waals surface area contributed by atoms with Crippen LogP contribution >= 0.6 is 0 Å². The van der Waals surface area contributed by atoms with Gasteiger partial charge in [0.1, 0.15) is 6.10 Å². The first-order chi connectivity index (χ1) is 5.27. The van der Waals surface area contributed by atoms with Gasteiger partial charge in [-0.25, -0.2) is 4.79 Å². The lowest BCUT2D eigenvalue weighted by atomic mass is 10.1. The van der Waals surface area contributed by atoms with Crippen LogP contribution in [0, 0.1) is 0 Å². The number of carbonyl (C=O) groups excluding carboxylic acids is 1. The van der Waals surface area contributed by atoms with Crippen LogP contribution in [0.5, 0.6) is 0 Å². The molecule has 0 N–H and O–H groups in total. The Labute approximate surface area is 65.3 Å². The number of hydrogen-bond acceptors (Lipinski definition) is 3. The van der Waals surface area contributed by atoms with Crippen molar-refractivity contribution in [2.45, 2.75) is 18.6 Å². The Morgan fingerprint density at radius 3 is 2.73 bits per heavy atom. The molecule has 2 unspecified atom stereocenters. The molecule has 1 aliphatic rings. The average molecular weight is 154 g/mol. The molecular weight excluding hydrogens is 144 g/mol. The highest BCUT2D eigenvalue weighted by Crippen LogP contribution is 2.18. The molecule has 1 rings (SSSR count). The molecule has 3 nitrogen and oxygen atoms in total. The molecule has 0 saturated carbocycles. The third kappa shape index (κ3) is 1.61. The van der Waals surface area contributed by atoms with Crippen LogP contribution in [0.15, 0.2) is 25.3 Å². The van der Waals surface area contributed by atoms with Crippen molar-refractivity contribution in [2.24, 2.45) is 0 Å². The van der Waals surface area contributed by atoms with E-state index < -0.39 is 6.16 Å². The maximum absolute atomic E-state index is 10.6. The Hall–Kier alpha value is -1.25. The quantitative estimate of drug-likeness (QED) is 0.458. The summed E-state index contributed by atoms with van der Waals surface area (Å²) < 4.78 is 9.55. The first-order valence-electron chi connectivity index (χ1n) is 3.38. The van der Waals surface area contributed by atoms with E-state index in [2.05, 4.69) is 13.2 Å². The van der Waals surface area contributed by atoms with E-state index in [0.717, 1.165) is 0 Å². The Morgan fingerprint density at radius 2 is 2.18 bits per heavy atom. The highest BCUT2D eigenvalue weighted by atomic mass is 16.8. The van der Waals surface area contributed by atoms with Crippen LogP contribution in [0.4, 0.5) is 4.79 Å². The molecule has 60 valence electrons. The first kappa shape index (κ1) is 7.85. The van der Waals surface area contributed by atoms with Crippen molar-refractivity contribution >= 4 is 6.16 Å². The van der Waals surface area contributed by atoms with Gasteiger partial charge in [-0.15, -0.1) is 6.58 Å². The molecule has 0 aliphatic carbocycles. The normalized spacial score (nSPS) is 28.9. The summed E-state index contributed by atoms with van der Waals surface area (Å²) in [7, 11) is 0. The lowest BCUT2D eigenvalue weighted by Gasteiger charge is -2.07. The van der Waals surface area contributed by atoms with Crippen molar-refractivity contribution in [3.63, 3.8) is 0 Å². The summed E-state index contributed by atoms with van der Waals surface area (Å²) >= 11 is 0. The second-order valence-electron chi connectivity index (χ2n) is 2.25. The number of ether oxygens (including phenoxy) is 2. The monoisotopic (exact) mass is 154 g/mol. The van der Waals surface area contributed by atoms with Crippen LogP contribution in [0.3, 0.4) is 0 Å².